The average Bonchev–Trinajstić information content (AvgIpc) is 2.38. The zero-order valence-electron chi connectivity index (χ0n) is 12.4. The SMILES string of the molecule is Cc1ccc(S(=O)(=O)N2CCN(CC(N)=O)CC2)c(C)c1. The Bertz CT molecular complexity index is 635. The molecule has 1 heterocycles. The molecule has 7 heteroatoms. The molecule has 1 aliphatic heterocycles. The fraction of sp³-hybridized carbons (Fsp3) is 0.500. The van der Waals surface area contributed by atoms with Crippen molar-refractivity contribution in [3.05, 3.63) is 29.3 Å². The van der Waals surface area contributed by atoms with Crippen molar-refractivity contribution in [3.8, 4) is 0 Å². The lowest BCUT2D eigenvalue weighted by Gasteiger charge is -2.33. The van der Waals surface area contributed by atoms with Crippen LogP contribution in [-0.4, -0.2) is 56.3 Å². The number of carbonyl (C=O) groups excluding carboxylic acids is 1. The van der Waals surface area contributed by atoms with E-state index in [0.717, 1.165) is 11.1 Å². The normalized spacial score (nSPS) is 17.8. The first-order chi connectivity index (χ1) is 9.80. The molecule has 0 unspecified atom stereocenters. The predicted octanol–water partition coefficient (Wildman–Crippen LogP) is 0.0950. The van der Waals surface area contributed by atoms with E-state index in [2.05, 4.69) is 0 Å². The number of nitrogens with zero attached hydrogens (tertiary/aromatic N) is 2. The van der Waals surface area contributed by atoms with Crippen molar-refractivity contribution >= 4 is 15.9 Å². The molecule has 0 radical (unpaired) electrons. The second kappa shape index (κ2) is 6.13. The number of piperazine rings is 1. The minimum Gasteiger partial charge on any atom is -0.369 e. The molecule has 1 amide bonds. The van der Waals surface area contributed by atoms with Crippen molar-refractivity contribution in [2.45, 2.75) is 18.7 Å². The third-order valence-corrected chi connectivity index (χ3v) is 5.72. The number of hydrogen-bond acceptors (Lipinski definition) is 4. The molecule has 0 saturated carbocycles. The van der Waals surface area contributed by atoms with Gasteiger partial charge in [-0.1, -0.05) is 17.7 Å². The minimum absolute atomic E-state index is 0.178. The number of benzene rings is 1. The van der Waals surface area contributed by atoms with Gasteiger partial charge >= 0.3 is 0 Å². The Kier molecular flexibility index (Phi) is 4.65. The highest BCUT2D eigenvalue weighted by atomic mass is 32.2. The van der Waals surface area contributed by atoms with Crippen LogP contribution < -0.4 is 5.73 Å². The third-order valence-electron chi connectivity index (χ3n) is 3.66. The second-order valence-corrected chi connectivity index (χ2v) is 7.32. The molecule has 0 atom stereocenters. The highest BCUT2D eigenvalue weighted by Crippen LogP contribution is 2.22. The van der Waals surface area contributed by atoms with Crippen molar-refractivity contribution in [1.29, 1.82) is 0 Å². The van der Waals surface area contributed by atoms with Gasteiger partial charge in [0.15, 0.2) is 0 Å². The van der Waals surface area contributed by atoms with E-state index in [0.29, 0.717) is 31.1 Å². The molecule has 21 heavy (non-hydrogen) atoms. The number of carbonyl (C=O) groups is 1. The standard InChI is InChI=1S/C14H21N3O3S/c1-11-3-4-13(12(2)9-11)21(19,20)17-7-5-16(6-8-17)10-14(15)18/h3-4,9H,5-8,10H2,1-2H3,(H2,15,18). The largest absolute Gasteiger partial charge is 0.369 e. The maximum Gasteiger partial charge on any atom is 0.243 e. The molecular formula is C14H21N3O3S. The van der Waals surface area contributed by atoms with E-state index in [1.54, 1.807) is 6.07 Å². The van der Waals surface area contributed by atoms with Gasteiger partial charge < -0.3 is 5.73 Å². The summed E-state index contributed by atoms with van der Waals surface area (Å²) >= 11 is 0. The summed E-state index contributed by atoms with van der Waals surface area (Å²) in [4.78, 5) is 13.1. The smallest absolute Gasteiger partial charge is 0.243 e. The summed E-state index contributed by atoms with van der Waals surface area (Å²) in [6.07, 6.45) is 0. The number of primary amides is 1. The maximum absolute atomic E-state index is 12.7. The van der Waals surface area contributed by atoms with Crippen molar-refractivity contribution in [2.24, 2.45) is 5.73 Å². The quantitative estimate of drug-likeness (QED) is 0.854. The molecule has 0 spiro atoms. The summed E-state index contributed by atoms with van der Waals surface area (Å²) in [7, 11) is -3.47. The molecule has 1 saturated heterocycles. The number of rotatable bonds is 4. The topological polar surface area (TPSA) is 83.7 Å². The van der Waals surface area contributed by atoms with Crippen LogP contribution in [0.25, 0.3) is 0 Å². The first kappa shape index (κ1) is 15.9. The van der Waals surface area contributed by atoms with Crippen LogP contribution in [0, 0.1) is 13.8 Å². The van der Waals surface area contributed by atoms with Gasteiger partial charge in [0.2, 0.25) is 15.9 Å². The lowest BCUT2D eigenvalue weighted by Crippen LogP contribution is -2.50. The zero-order chi connectivity index (χ0) is 15.6. The van der Waals surface area contributed by atoms with Gasteiger partial charge in [-0.3, -0.25) is 9.69 Å². The summed E-state index contributed by atoms with van der Waals surface area (Å²) in [5.74, 6) is -0.388. The summed E-state index contributed by atoms with van der Waals surface area (Å²) in [5, 5.41) is 0. The number of amides is 1. The van der Waals surface area contributed by atoms with Crippen LogP contribution in [0.5, 0.6) is 0 Å². The van der Waals surface area contributed by atoms with Crippen molar-refractivity contribution < 1.29 is 13.2 Å². The van der Waals surface area contributed by atoms with Crippen LogP contribution >= 0.6 is 0 Å². The summed E-state index contributed by atoms with van der Waals surface area (Å²) in [6, 6.07) is 5.34. The Labute approximate surface area is 125 Å². The van der Waals surface area contributed by atoms with Crippen LogP contribution in [-0.2, 0) is 14.8 Å². The van der Waals surface area contributed by atoms with E-state index < -0.39 is 10.0 Å². The van der Waals surface area contributed by atoms with Gasteiger partial charge in [-0.15, -0.1) is 0 Å². The van der Waals surface area contributed by atoms with Gasteiger partial charge in [-0.2, -0.15) is 4.31 Å². The van der Waals surface area contributed by atoms with E-state index in [4.69, 9.17) is 5.73 Å². The molecule has 2 N–H and O–H groups in total. The molecule has 2 rings (SSSR count). The predicted molar refractivity (Wildman–Crippen MR) is 80.3 cm³/mol. The average molecular weight is 311 g/mol. The first-order valence-electron chi connectivity index (χ1n) is 6.89. The highest BCUT2D eigenvalue weighted by Gasteiger charge is 2.29. The molecule has 6 nitrogen and oxygen atoms in total. The number of nitrogens with two attached hydrogens (primary N) is 1. The fourth-order valence-electron chi connectivity index (χ4n) is 2.58. The van der Waals surface area contributed by atoms with E-state index >= 15 is 0 Å². The van der Waals surface area contributed by atoms with Gasteiger partial charge in [-0.25, -0.2) is 8.42 Å². The molecule has 0 aromatic heterocycles. The van der Waals surface area contributed by atoms with E-state index in [-0.39, 0.29) is 12.5 Å². The Hall–Kier alpha value is -1.44. The molecule has 0 bridgehead atoms. The number of aryl methyl sites for hydroxylation is 2. The van der Waals surface area contributed by atoms with Crippen molar-refractivity contribution in [1.82, 2.24) is 9.21 Å². The molecule has 0 aliphatic carbocycles. The van der Waals surface area contributed by atoms with E-state index in [1.807, 2.05) is 30.9 Å². The Morgan fingerprint density at radius 1 is 1.19 bits per heavy atom. The second-order valence-electron chi connectivity index (χ2n) is 5.42. The monoisotopic (exact) mass is 311 g/mol. The van der Waals surface area contributed by atoms with Crippen molar-refractivity contribution in [2.75, 3.05) is 32.7 Å². The summed E-state index contributed by atoms with van der Waals surface area (Å²) < 4.78 is 26.8. The first-order valence-corrected chi connectivity index (χ1v) is 8.33. The minimum atomic E-state index is -3.47. The maximum atomic E-state index is 12.7. The summed E-state index contributed by atoms with van der Waals surface area (Å²) in [5.41, 5.74) is 6.95. The molecule has 1 fully saturated rings. The molecule has 1 aromatic carbocycles. The van der Waals surface area contributed by atoms with Crippen LogP contribution in [0.2, 0.25) is 0 Å². The van der Waals surface area contributed by atoms with Crippen LogP contribution in [0.3, 0.4) is 0 Å². The lowest BCUT2D eigenvalue weighted by molar-refractivity contribution is -0.119. The fourth-order valence-corrected chi connectivity index (χ4v) is 4.20. The van der Waals surface area contributed by atoms with Gasteiger partial charge in [0.25, 0.3) is 0 Å². The Balaban J connectivity index is 2.13. The van der Waals surface area contributed by atoms with Crippen LogP contribution in [0.1, 0.15) is 11.1 Å². The lowest BCUT2D eigenvalue weighted by atomic mass is 10.2. The molecule has 1 aliphatic rings. The number of hydrogen-bond donors (Lipinski definition) is 1. The van der Waals surface area contributed by atoms with Crippen molar-refractivity contribution in [3.63, 3.8) is 0 Å². The summed E-state index contributed by atoms with van der Waals surface area (Å²) in [6.45, 7) is 5.72. The van der Waals surface area contributed by atoms with Gasteiger partial charge in [-0.05, 0) is 25.5 Å². The van der Waals surface area contributed by atoms with E-state index in [1.165, 1.54) is 4.31 Å². The Morgan fingerprint density at radius 2 is 1.81 bits per heavy atom. The third kappa shape index (κ3) is 3.61. The number of sulfonamides is 1. The van der Waals surface area contributed by atoms with Crippen LogP contribution in [0.15, 0.2) is 23.1 Å². The van der Waals surface area contributed by atoms with Gasteiger partial charge in [0.05, 0.1) is 11.4 Å². The molecular weight excluding hydrogens is 290 g/mol. The van der Waals surface area contributed by atoms with Gasteiger partial charge in [0.1, 0.15) is 0 Å². The molecule has 116 valence electrons. The highest BCUT2D eigenvalue weighted by molar-refractivity contribution is 7.89. The van der Waals surface area contributed by atoms with Crippen LogP contribution in [0.4, 0.5) is 0 Å². The Morgan fingerprint density at radius 3 is 2.33 bits per heavy atom. The van der Waals surface area contributed by atoms with Gasteiger partial charge in [0, 0.05) is 26.2 Å². The zero-order valence-corrected chi connectivity index (χ0v) is 13.2. The van der Waals surface area contributed by atoms with E-state index in [9.17, 15) is 13.2 Å². The molecule has 1 aromatic rings.